The van der Waals surface area contributed by atoms with Crippen LogP contribution in [0.15, 0.2) is 23.3 Å². The van der Waals surface area contributed by atoms with Crippen molar-refractivity contribution in [3.05, 3.63) is 23.3 Å². The summed E-state index contributed by atoms with van der Waals surface area (Å²) >= 11 is 0. The van der Waals surface area contributed by atoms with Crippen LogP contribution >= 0.6 is 0 Å². The Hall–Kier alpha value is -1.05. The molecule has 2 heteroatoms. The highest BCUT2D eigenvalue weighted by Crippen LogP contribution is 2.04. The van der Waals surface area contributed by atoms with Crippen LogP contribution in [0.4, 0.5) is 0 Å². The third-order valence-corrected chi connectivity index (χ3v) is 1.56. The third-order valence-electron chi connectivity index (χ3n) is 1.56. The molecule has 11 heavy (non-hydrogen) atoms. The Balaban J connectivity index is 4.45. The Morgan fingerprint density at radius 3 is 2.36 bits per heavy atom. The van der Waals surface area contributed by atoms with E-state index in [0.717, 1.165) is 12.0 Å². The molecule has 0 atom stereocenters. The van der Waals surface area contributed by atoms with Gasteiger partial charge in [0.1, 0.15) is 0 Å². The Morgan fingerprint density at radius 2 is 2.09 bits per heavy atom. The van der Waals surface area contributed by atoms with Crippen molar-refractivity contribution >= 4 is 5.91 Å². The second-order valence-corrected chi connectivity index (χ2v) is 2.45. The minimum Gasteiger partial charge on any atom is -0.366 e. The number of carbonyl (C=O) groups is 1. The molecule has 0 fully saturated rings. The van der Waals surface area contributed by atoms with Gasteiger partial charge in [-0.25, -0.2) is 0 Å². The zero-order chi connectivity index (χ0) is 8.85. The minimum absolute atomic E-state index is 0.361. The van der Waals surface area contributed by atoms with Crippen molar-refractivity contribution in [2.75, 3.05) is 0 Å². The van der Waals surface area contributed by atoms with E-state index in [1.165, 1.54) is 0 Å². The molecule has 2 N–H and O–H groups in total. The largest absolute Gasteiger partial charge is 0.366 e. The molecule has 0 radical (unpaired) electrons. The van der Waals surface area contributed by atoms with E-state index in [0.29, 0.717) is 5.57 Å². The molecular weight excluding hydrogens is 138 g/mol. The SMILES string of the molecule is C/C=C(\C=C(\C)CC)C(N)=O. The highest BCUT2D eigenvalue weighted by atomic mass is 16.1. The van der Waals surface area contributed by atoms with Crippen molar-refractivity contribution in [1.82, 2.24) is 0 Å². The van der Waals surface area contributed by atoms with Crippen LogP contribution in [0.1, 0.15) is 27.2 Å². The highest BCUT2D eigenvalue weighted by molar-refractivity contribution is 5.94. The summed E-state index contributed by atoms with van der Waals surface area (Å²) < 4.78 is 0. The summed E-state index contributed by atoms with van der Waals surface area (Å²) in [5.74, 6) is -0.361. The maximum absolute atomic E-state index is 10.7. The lowest BCUT2D eigenvalue weighted by Gasteiger charge is -1.96. The van der Waals surface area contributed by atoms with E-state index < -0.39 is 0 Å². The number of nitrogens with two attached hydrogens (primary N) is 1. The predicted octanol–water partition coefficient (Wildman–Crippen LogP) is 1.77. The van der Waals surface area contributed by atoms with Crippen LogP contribution in [-0.2, 0) is 4.79 Å². The second-order valence-electron chi connectivity index (χ2n) is 2.45. The van der Waals surface area contributed by atoms with Gasteiger partial charge in [-0.05, 0) is 20.3 Å². The minimum atomic E-state index is -0.361. The third kappa shape index (κ3) is 3.61. The quantitative estimate of drug-likeness (QED) is 0.487. The number of hydrogen-bond donors (Lipinski definition) is 1. The number of allylic oxidation sites excluding steroid dienone is 2. The Kier molecular flexibility index (Phi) is 4.27. The van der Waals surface area contributed by atoms with Crippen molar-refractivity contribution in [3.8, 4) is 0 Å². The Bertz CT molecular complexity index is 202. The van der Waals surface area contributed by atoms with Gasteiger partial charge in [0.05, 0.1) is 0 Å². The van der Waals surface area contributed by atoms with Crippen LogP contribution in [0.25, 0.3) is 0 Å². The first-order valence-electron chi connectivity index (χ1n) is 3.75. The van der Waals surface area contributed by atoms with E-state index in [4.69, 9.17) is 5.73 Å². The summed E-state index contributed by atoms with van der Waals surface area (Å²) in [6.07, 6.45) is 4.49. The van der Waals surface area contributed by atoms with E-state index in [1.807, 2.05) is 19.9 Å². The molecule has 0 aliphatic heterocycles. The van der Waals surface area contributed by atoms with Gasteiger partial charge in [0, 0.05) is 5.57 Å². The van der Waals surface area contributed by atoms with E-state index in [1.54, 1.807) is 13.0 Å². The summed E-state index contributed by atoms with van der Waals surface area (Å²) in [5.41, 5.74) is 6.85. The molecule has 0 spiro atoms. The Labute approximate surface area is 67.8 Å². The van der Waals surface area contributed by atoms with Crippen molar-refractivity contribution < 1.29 is 4.79 Å². The van der Waals surface area contributed by atoms with Gasteiger partial charge in [0.25, 0.3) is 0 Å². The van der Waals surface area contributed by atoms with Crippen molar-refractivity contribution in [1.29, 1.82) is 0 Å². The van der Waals surface area contributed by atoms with E-state index in [9.17, 15) is 4.79 Å². The molecule has 2 nitrogen and oxygen atoms in total. The topological polar surface area (TPSA) is 43.1 Å². The van der Waals surface area contributed by atoms with Gasteiger partial charge >= 0.3 is 0 Å². The van der Waals surface area contributed by atoms with Crippen LogP contribution in [0.2, 0.25) is 0 Å². The van der Waals surface area contributed by atoms with Crippen LogP contribution in [-0.4, -0.2) is 5.91 Å². The molecule has 1 amide bonds. The molecule has 0 aliphatic rings. The fourth-order valence-electron chi connectivity index (χ4n) is 0.664. The molecule has 0 aliphatic carbocycles. The number of primary amides is 1. The van der Waals surface area contributed by atoms with Gasteiger partial charge in [0.15, 0.2) is 0 Å². The lowest BCUT2D eigenvalue weighted by molar-refractivity contribution is -0.114. The fraction of sp³-hybridized carbons (Fsp3) is 0.444. The summed E-state index contributed by atoms with van der Waals surface area (Å²) in [7, 11) is 0. The second kappa shape index (κ2) is 4.72. The van der Waals surface area contributed by atoms with Crippen molar-refractivity contribution in [2.24, 2.45) is 5.73 Å². The summed E-state index contributed by atoms with van der Waals surface area (Å²) in [6.45, 7) is 5.83. The van der Waals surface area contributed by atoms with Gasteiger partial charge in [-0.3, -0.25) is 4.79 Å². The monoisotopic (exact) mass is 153 g/mol. The molecule has 0 saturated heterocycles. The molecule has 0 aromatic heterocycles. The van der Waals surface area contributed by atoms with Crippen molar-refractivity contribution in [2.45, 2.75) is 27.2 Å². The predicted molar refractivity (Wildman–Crippen MR) is 47.0 cm³/mol. The molecule has 0 aromatic rings. The zero-order valence-electron chi connectivity index (χ0n) is 7.35. The molecule has 62 valence electrons. The van der Waals surface area contributed by atoms with Gasteiger partial charge in [-0.2, -0.15) is 0 Å². The molecule has 0 heterocycles. The lowest BCUT2D eigenvalue weighted by Crippen LogP contribution is -2.12. The van der Waals surface area contributed by atoms with Crippen LogP contribution in [0.3, 0.4) is 0 Å². The first-order chi connectivity index (χ1) is 5.11. The van der Waals surface area contributed by atoms with E-state index >= 15 is 0 Å². The zero-order valence-corrected chi connectivity index (χ0v) is 7.35. The first-order valence-corrected chi connectivity index (χ1v) is 3.75. The number of hydrogen-bond acceptors (Lipinski definition) is 1. The van der Waals surface area contributed by atoms with Crippen LogP contribution in [0.5, 0.6) is 0 Å². The maximum atomic E-state index is 10.7. The molecule has 0 saturated carbocycles. The van der Waals surface area contributed by atoms with Crippen molar-refractivity contribution in [3.63, 3.8) is 0 Å². The normalized spacial score (nSPS) is 13.4. The van der Waals surface area contributed by atoms with Gasteiger partial charge in [-0.1, -0.05) is 24.6 Å². The number of amides is 1. The van der Waals surface area contributed by atoms with Gasteiger partial charge < -0.3 is 5.73 Å². The van der Waals surface area contributed by atoms with Crippen LogP contribution in [0, 0.1) is 0 Å². The highest BCUT2D eigenvalue weighted by Gasteiger charge is 1.98. The summed E-state index contributed by atoms with van der Waals surface area (Å²) in [5, 5.41) is 0. The summed E-state index contributed by atoms with van der Waals surface area (Å²) in [6, 6.07) is 0. The number of rotatable bonds is 3. The van der Waals surface area contributed by atoms with E-state index in [2.05, 4.69) is 0 Å². The smallest absolute Gasteiger partial charge is 0.248 e. The first kappa shape index (κ1) is 9.95. The average molecular weight is 153 g/mol. The fourth-order valence-corrected chi connectivity index (χ4v) is 0.664. The Morgan fingerprint density at radius 1 is 1.55 bits per heavy atom. The molecule has 0 aromatic carbocycles. The standard InChI is InChI=1S/C9H15NO/c1-4-7(3)6-8(5-2)9(10)11/h5-6H,4H2,1-3H3,(H2,10,11)/b7-6-,8-5+. The molecule has 0 rings (SSSR count). The molecule has 0 unspecified atom stereocenters. The maximum Gasteiger partial charge on any atom is 0.248 e. The molecule has 0 bridgehead atoms. The molecular formula is C9H15NO. The average Bonchev–Trinajstić information content (AvgIpc) is 1.99. The van der Waals surface area contributed by atoms with Gasteiger partial charge in [0.2, 0.25) is 5.91 Å². The van der Waals surface area contributed by atoms with Crippen LogP contribution < -0.4 is 5.73 Å². The van der Waals surface area contributed by atoms with Gasteiger partial charge in [-0.15, -0.1) is 0 Å². The lowest BCUT2D eigenvalue weighted by atomic mass is 10.1. The summed E-state index contributed by atoms with van der Waals surface area (Å²) in [4.78, 5) is 10.7. The van der Waals surface area contributed by atoms with E-state index in [-0.39, 0.29) is 5.91 Å². The number of carbonyl (C=O) groups excluding carboxylic acids is 1.